The minimum absolute atomic E-state index is 0.0658. The van der Waals surface area contributed by atoms with E-state index in [0.717, 1.165) is 16.9 Å². The number of hydrogen-bond acceptors (Lipinski definition) is 4. The molecule has 138 valence electrons. The molecule has 1 heterocycles. The second kappa shape index (κ2) is 9.65. The van der Waals surface area contributed by atoms with Crippen LogP contribution in [0.15, 0.2) is 42.9 Å². The number of para-hydroxylation sites is 1. The standard InChI is InChI=1S/C20H26N4O2/c1-14(2)17-6-4-5-7-18(17)24-20(26)9-8-19(25)23-15(3)12-16-13-21-10-11-22-16/h4-7,10-11,13-15H,8-9,12H2,1-3H3,(H,23,25)(H,24,26)/t15-/m0/s1. The smallest absolute Gasteiger partial charge is 0.224 e. The van der Waals surface area contributed by atoms with Crippen LogP contribution in [-0.4, -0.2) is 27.8 Å². The Bertz CT molecular complexity index is 732. The maximum atomic E-state index is 12.2. The fourth-order valence-corrected chi connectivity index (χ4v) is 2.70. The van der Waals surface area contributed by atoms with E-state index in [2.05, 4.69) is 34.4 Å². The van der Waals surface area contributed by atoms with Crippen LogP contribution in [0.25, 0.3) is 0 Å². The van der Waals surface area contributed by atoms with E-state index < -0.39 is 0 Å². The van der Waals surface area contributed by atoms with Gasteiger partial charge in [0.1, 0.15) is 0 Å². The third kappa shape index (κ3) is 6.27. The molecular weight excluding hydrogens is 328 g/mol. The summed E-state index contributed by atoms with van der Waals surface area (Å²) in [5, 5.41) is 5.79. The van der Waals surface area contributed by atoms with Crippen molar-refractivity contribution >= 4 is 17.5 Å². The van der Waals surface area contributed by atoms with Gasteiger partial charge in [0, 0.05) is 49.6 Å². The summed E-state index contributed by atoms with van der Waals surface area (Å²) in [6.45, 7) is 6.07. The Balaban J connectivity index is 1.77. The van der Waals surface area contributed by atoms with Gasteiger partial charge in [0.05, 0.1) is 5.69 Å². The Kier molecular flexibility index (Phi) is 7.26. The zero-order chi connectivity index (χ0) is 18.9. The highest BCUT2D eigenvalue weighted by molar-refractivity contribution is 5.93. The van der Waals surface area contributed by atoms with Crippen LogP contribution in [0.2, 0.25) is 0 Å². The maximum absolute atomic E-state index is 12.2. The number of hydrogen-bond donors (Lipinski definition) is 2. The maximum Gasteiger partial charge on any atom is 0.224 e. The van der Waals surface area contributed by atoms with Gasteiger partial charge in [-0.3, -0.25) is 19.6 Å². The topological polar surface area (TPSA) is 84.0 Å². The van der Waals surface area contributed by atoms with Crippen molar-refractivity contribution in [2.45, 2.75) is 52.0 Å². The average molecular weight is 354 g/mol. The highest BCUT2D eigenvalue weighted by atomic mass is 16.2. The second-order valence-electron chi connectivity index (χ2n) is 6.66. The first kappa shape index (κ1) is 19.6. The Labute approximate surface area is 154 Å². The van der Waals surface area contributed by atoms with Gasteiger partial charge in [-0.2, -0.15) is 0 Å². The van der Waals surface area contributed by atoms with Crippen LogP contribution in [0.1, 0.15) is 50.8 Å². The lowest BCUT2D eigenvalue weighted by Gasteiger charge is -2.15. The Hall–Kier alpha value is -2.76. The number of amides is 2. The van der Waals surface area contributed by atoms with Gasteiger partial charge in [-0.05, 0) is 24.5 Å². The summed E-state index contributed by atoms with van der Waals surface area (Å²) in [6.07, 6.45) is 5.83. The molecule has 0 spiro atoms. The molecule has 0 aliphatic carbocycles. The summed E-state index contributed by atoms with van der Waals surface area (Å²) in [5.74, 6) is 0.0141. The molecule has 26 heavy (non-hydrogen) atoms. The molecule has 0 unspecified atom stereocenters. The summed E-state index contributed by atoms with van der Waals surface area (Å²) in [4.78, 5) is 32.4. The summed E-state index contributed by atoms with van der Waals surface area (Å²) < 4.78 is 0. The lowest BCUT2D eigenvalue weighted by molar-refractivity contribution is -0.124. The molecule has 6 nitrogen and oxygen atoms in total. The molecule has 1 aromatic carbocycles. The minimum atomic E-state index is -0.158. The highest BCUT2D eigenvalue weighted by Gasteiger charge is 2.13. The number of rotatable bonds is 8. The quantitative estimate of drug-likeness (QED) is 0.763. The summed E-state index contributed by atoms with van der Waals surface area (Å²) in [7, 11) is 0. The predicted molar refractivity (Wildman–Crippen MR) is 102 cm³/mol. The van der Waals surface area contributed by atoms with E-state index in [1.807, 2.05) is 31.2 Å². The number of aromatic nitrogens is 2. The van der Waals surface area contributed by atoms with E-state index in [9.17, 15) is 9.59 Å². The lowest BCUT2D eigenvalue weighted by atomic mass is 10.0. The van der Waals surface area contributed by atoms with Crippen molar-refractivity contribution in [3.63, 3.8) is 0 Å². The fourth-order valence-electron chi connectivity index (χ4n) is 2.70. The van der Waals surface area contributed by atoms with Crippen LogP contribution in [0.4, 0.5) is 5.69 Å². The number of nitrogens with zero attached hydrogens (tertiary/aromatic N) is 2. The van der Waals surface area contributed by atoms with Crippen molar-refractivity contribution in [2.24, 2.45) is 0 Å². The van der Waals surface area contributed by atoms with Crippen molar-refractivity contribution < 1.29 is 9.59 Å². The largest absolute Gasteiger partial charge is 0.353 e. The normalized spacial score (nSPS) is 11.8. The molecule has 0 aliphatic rings. The highest BCUT2D eigenvalue weighted by Crippen LogP contribution is 2.23. The molecule has 0 radical (unpaired) electrons. The van der Waals surface area contributed by atoms with Crippen molar-refractivity contribution in [2.75, 3.05) is 5.32 Å². The van der Waals surface area contributed by atoms with Gasteiger partial charge in [-0.15, -0.1) is 0 Å². The number of nitrogens with one attached hydrogen (secondary N) is 2. The van der Waals surface area contributed by atoms with Crippen LogP contribution in [-0.2, 0) is 16.0 Å². The summed E-state index contributed by atoms with van der Waals surface area (Å²) in [6, 6.07) is 7.67. The number of anilines is 1. The first-order valence-corrected chi connectivity index (χ1v) is 8.88. The molecule has 1 aromatic heterocycles. The zero-order valence-electron chi connectivity index (χ0n) is 15.5. The zero-order valence-corrected chi connectivity index (χ0v) is 15.5. The van der Waals surface area contributed by atoms with E-state index in [1.54, 1.807) is 18.6 Å². The van der Waals surface area contributed by atoms with E-state index in [-0.39, 0.29) is 30.7 Å². The van der Waals surface area contributed by atoms with Gasteiger partial charge in [-0.1, -0.05) is 32.0 Å². The minimum Gasteiger partial charge on any atom is -0.353 e. The Morgan fingerprint density at radius 1 is 1.04 bits per heavy atom. The molecule has 2 amide bonds. The molecule has 0 aliphatic heterocycles. The molecule has 0 saturated heterocycles. The first-order chi connectivity index (χ1) is 12.5. The molecule has 6 heteroatoms. The molecular formula is C20H26N4O2. The van der Waals surface area contributed by atoms with Crippen molar-refractivity contribution in [1.82, 2.24) is 15.3 Å². The van der Waals surface area contributed by atoms with Crippen molar-refractivity contribution in [3.05, 3.63) is 54.1 Å². The Morgan fingerprint density at radius 2 is 1.77 bits per heavy atom. The molecule has 0 fully saturated rings. The van der Waals surface area contributed by atoms with Crippen LogP contribution >= 0.6 is 0 Å². The van der Waals surface area contributed by atoms with Crippen LogP contribution in [0, 0.1) is 0 Å². The molecule has 0 bridgehead atoms. The molecule has 2 aromatic rings. The van der Waals surface area contributed by atoms with Gasteiger partial charge in [0.2, 0.25) is 11.8 Å². The van der Waals surface area contributed by atoms with Gasteiger partial charge in [-0.25, -0.2) is 0 Å². The second-order valence-corrected chi connectivity index (χ2v) is 6.66. The summed E-state index contributed by atoms with van der Waals surface area (Å²) >= 11 is 0. The van der Waals surface area contributed by atoms with Gasteiger partial charge >= 0.3 is 0 Å². The van der Waals surface area contributed by atoms with Gasteiger partial charge in [0.15, 0.2) is 0 Å². The van der Waals surface area contributed by atoms with Crippen LogP contribution in [0.5, 0.6) is 0 Å². The van der Waals surface area contributed by atoms with E-state index in [4.69, 9.17) is 0 Å². The van der Waals surface area contributed by atoms with Gasteiger partial charge < -0.3 is 10.6 Å². The number of carbonyl (C=O) groups excluding carboxylic acids is 2. The molecule has 0 saturated carbocycles. The number of benzene rings is 1. The fraction of sp³-hybridized carbons (Fsp3) is 0.400. The molecule has 2 N–H and O–H groups in total. The van der Waals surface area contributed by atoms with E-state index in [0.29, 0.717) is 12.3 Å². The number of carbonyl (C=O) groups is 2. The lowest BCUT2D eigenvalue weighted by Crippen LogP contribution is -2.34. The monoisotopic (exact) mass is 354 g/mol. The summed E-state index contributed by atoms with van der Waals surface area (Å²) in [5.41, 5.74) is 2.72. The molecule has 2 rings (SSSR count). The Morgan fingerprint density at radius 3 is 2.46 bits per heavy atom. The van der Waals surface area contributed by atoms with Crippen LogP contribution in [0.3, 0.4) is 0 Å². The average Bonchev–Trinajstić information content (AvgIpc) is 2.61. The van der Waals surface area contributed by atoms with Crippen molar-refractivity contribution in [3.8, 4) is 0 Å². The SMILES string of the molecule is CC(C)c1ccccc1NC(=O)CCC(=O)N[C@@H](C)Cc1cnccn1. The van der Waals surface area contributed by atoms with E-state index in [1.165, 1.54) is 0 Å². The third-order valence-electron chi connectivity index (χ3n) is 3.98. The van der Waals surface area contributed by atoms with Crippen molar-refractivity contribution in [1.29, 1.82) is 0 Å². The molecule has 1 atom stereocenters. The van der Waals surface area contributed by atoms with E-state index >= 15 is 0 Å². The first-order valence-electron chi connectivity index (χ1n) is 8.88. The van der Waals surface area contributed by atoms with Gasteiger partial charge in [0.25, 0.3) is 0 Å². The van der Waals surface area contributed by atoms with Crippen LogP contribution < -0.4 is 10.6 Å². The third-order valence-corrected chi connectivity index (χ3v) is 3.98. The predicted octanol–water partition coefficient (Wildman–Crippen LogP) is 3.07.